The molecule has 1 aromatic rings. The number of hydrogen-bond donors (Lipinski definition) is 0. The summed E-state index contributed by atoms with van der Waals surface area (Å²) in [7, 11) is 0. The van der Waals surface area contributed by atoms with Crippen LogP contribution in [0.3, 0.4) is 0 Å². The highest BCUT2D eigenvalue weighted by Crippen LogP contribution is 1.98. The number of carbonyl (C=O) groups excluding carboxylic acids is 1. The fourth-order valence-corrected chi connectivity index (χ4v) is 0.949. The van der Waals surface area contributed by atoms with E-state index in [0.717, 1.165) is 6.42 Å². The highest BCUT2D eigenvalue weighted by atomic mass is 16.5. The quantitative estimate of drug-likeness (QED) is 0.612. The molecule has 0 spiro atoms. The molecule has 1 radical (unpaired) electrons. The van der Waals surface area contributed by atoms with Crippen LogP contribution in [0.2, 0.25) is 0 Å². The zero-order valence-electron chi connectivity index (χ0n) is 6.82. The second-order valence-electron chi connectivity index (χ2n) is 2.43. The molecule has 0 saturated heterocycles. The molecule has 0 N–H and O–H groups in total. The largest absolute Gasteiger partial charge is 0.373 e. The Kier molecular flexibility index (Phi) is 4.09. The summed E-state index contributed by atoms with van der Waals surface area (Å²) >= 11 is 0. The van der Waals surface area contributed by atoms with Crippen LogP contribution in [-0.2, 0) is 16.0 Å². The molecular formula is C10H11O2. The Morgan fingerprint density at radius 3 is 2.67 bits per heavy atom. The molecular weight excluding hydrogens is 152 g/mol. The van der Waals surface area contributed by atoms with Gasteiger partial charge in [0.25, 0.3) is 0 Å². The van der Waals surface area contributed by atoms with Crippen LogP contribution >= 0.6 is 0 Å². The summed E-state index contributed by atoms with van der Waals surface area (Å²) in [5.74, 6) is 0. The Morgan fingerprint density at radius 1 is 1.25 bits per heavy atom. The zero-order valence-corrected chi connectivity index (χ0v) is 6.82. The van der Waals surface area contributed by atoms with Gasteiger partial charge in [-0.25, -0.2) is 0 Å². The average Bonchev–Trinajstić information content (AvgIpc) is 2.14. The summed E-state index contributed by atoms with van der Waals surface area (Å²) in [4.78, 5) is 9.77. The average molecular weight is 163 g/mol. The fourth-order valence-electron chi connectivity index (χ4n) is 0.949. The first kappa shape index (κ1) is 8.94. The lowest BCUT2D eigenvalue weighted by molar-refractivity contribution is 0.173. The second-order valence-corrected chi connectivity index (χ2v) is 2.43. The van der Waals surface area contributed by atoms with E-state index in [1.807, 2.05) is 30.3 Å². The maximum absolute atomic E-state index is 9.77. The van der Waals surface area contributed by atoms with Crippen molar-refractivity contribution in [3.8, 4) is 0 Å². The maximum atomic E-state index is 9.77. The SMILES string of the molecule is O=[C]COCCc1ccccc1. The Morgan fingerprint density at radius 2 is 2.00 bits per heavy atom. The predicted octanol–water partition coefficient (Wildman–Crippen LogP) is 1.36. The van der Waals surface area contributed by atoms with Gasteiger partial charge < -0.3 is 4.74 Å². The lowest BCUT2D eigenvalue weighted by Gasteiger charge is -1.99. The minimum absolute atomic E-state index is 0.0762. The second kappa shape index (κ2) is 5.49. The number of hydrogen-bond acceptors (Lipinski definition) is 2. The molecule has 0 atom stereocenters. The van der Waals surface area contributed by atoms with Gasteiger partial charge in [-0.2, -0.15) is 0 Å². The third-order valence-electron chi connectivity index (χ3n) is 1.54. The summed E-state index contributed by atoms with van der Waals surface area (Å²) in [6.07, 6.45) is 2.53. The first-order valence-electron chi connectivity index (χ1n) is 3.90. The van der Waals surface area contributed by atoms with Crippen molar-refractivity contribution in [2.45, 2.75) is 6.42 Å². The van der Waals surface area contributed by atoms with Gasteiger partial charge in [0.1, 0.15) is 6.61 Å². The minimum atomic E-state index is 0.0762. The van der Waals surface area contributed by atoms with Gasteiger partial charge >= 0.3 is 0 Å². The molecule has 0 unspecified atom stereocenters. The molecule has 0 aliphatic rings. The predicted molar refractivity (Wildman–Crippen MR) is 46.7 cm³/mol. The Labute approximate surface area is 72.2 Å². The van der Waals surface area contributed by atoms with Gasteiger partial charge in [-0.3, -0.25) is 4.79 Å². The summed E-state index contributed by atoms with van der Waals surface area (Å²) < 4.78 is 4.96. The van der Waals surface area contributed by atoms with E-state index < -0.39 is 0 Å². The van der Waals surface area contributed by atoms with Gasteiger partial charge in [0.15, 0.2) is 0 Å². The standard InChI is InChI=1S/C10H11O2/c11-7-9-12-8-6-10-4-2-1-3-5-10/h1-5H,6,8-9H2. The topological polar surface area (TPSA) is 26.3 Å². The van der Waals surface area contributed by atoms with E-state index in [4.69, 9.17) is 4.74 Å². The van der Waals surface area contributed by atoms with Crippen LogP contribution in [0, 0.1) is 0 Å². The third kappa shape index (κ3) is 3.30. The zero-order chi connectivity index (χ0) is 8.65. The molecule has 2 nitrogen and oxygen atoms in total. The molecule has 0 aliphatic heterocycles. The van der Waals surface area contributed by atoms with E-state index in [1.54, 1.807) is 6.29 Å². The van der Waals surface area contributed by atoms with Crippen molar-refractivity contribution >= 4 is 6.29 Å². The van der Waals surface area contributed by atoms with Gasteiger partial charge in [-0.1, -0.05) is 30.3 Å². The monoisotopic (exact) mass is 163 g/mol. The van der Waals surface area contributed by atoms with Gasteiger partial charge in [-0.05, 0) is 12.0 Å². The van der Waals surface area contributed by atoms with Gasteiger partial charge in [0.2, 0.25) is 6.29 Å². The smallest absolute Gasteiger partial charge is 0.226 e. The highest BCUT2D eigenvalue weighted by molar-refractivity contribution is 5.51. The summed E-state index contributed by atoms with van der Waals surface area (Å²) in [5, 5.41) is 0. The van der Waals surface area contributed by atoms with E-state index >= 15 is 0 Å². The van der Waals surface area contributed by atoms with Gasteiger partial charge in [0, 0.05) is 0 Å². The summed E-state index contributed by atoms with van der Waals surface area (Å²) in [5.41, 5.74) is 1.23. The van der Waals surface area contributed by atoms with Crippen molar-refractivity contribution in [3.63, 3.8) is 0 Å². The molecule has 0 heterocycles. The van der Waals surface area contributed by atoms with Gasteiger partial charge in [0.05, 0.1) is 6.61 Å². The summed E-state index contributed by atoms with van der Waals surface area (Å²) in [6.45, 7) is 0.659. The van der Waals surface area contributed by atoms with E-state index in [0.29, 0.717) is 6.61 Å². The van der Waals surface area contributed by atoms with Crippen molar-refractivity contribution < 1.29 is 9.53 Å². The molecule has 0 aliphatic carbocycles. The number of benzene rings is 1. The maximum Gasteiger partial charge on any atom is 0.226 e. The molecule has 0 fully saturated rings. The van der Waals surface area contributed by atoms with E-state index in [-0.39, 0.29) is 6.61 Å². The van der Waals surface area contributed by atoms with Crippen molar-refractivity contribution in [1.29, 1.82) is 0 Å². The van der Waals surface area contributed by atoms with Crippen molar-refractivity contribution in [2.75, 3.05) is 13.2 Å². The van der Waals surface area contributed by atoms with Crippen molar-refractivity contribution in [2.24, 2.45) is 0 Å². The van der Waals surface area contributed by atoms with E-state index in [1.165, 1.54) is 5.56 Å². The molecule has 2 heteroatoms. The van der Waals surface area contributed by atoms with Crippen LogP contribution in [0.25, 0.3) is 0 Å². The fraction of sp³-hybridized carbons (Fsp3) is 0.300. The molecule has 0 bridgehead atoms. The normalized spacial score (nSPS) is 9.67. The summed E-state index contributed by atoms with van der Waals surface area (Å²) in [6, 6.07) is 10.0. The van der Waals surface area contributed by atoms with Crippen LogP contribution in [0.5, 0.6) is 0 Å². The molecule has 12 heavy (non-hydrogen) atoms. The van der Waals surface area contributed by atoms with Crippen LogP contribution < -0.4 is 0 Å². The Balaban J connectivity index is 2.20. The molecule has 1 rings (SSSR count). The molecule has 0 amide bonds. The lowest BCUT2D eigenvalue weighted by atomic mass is 10.2. The van der Waals surface area contributed by atoms with Gasteiger partial charge in [-0.15, -0.1) is 0 Å². The molecule has 0 aromatic heterocycles. The van der Waals surface area contributed by atoms with Crippen molar-refractivity contribution in [3.05, 3.63) is 35.9 Å². The first-order valence-corrected chi connectivity index (χ1v) is 3.90. The number of rotatable bonds is 5. The van der Waals surface area contributed by atoms with Crippen LogP contribution in [0.1, 0.15) is 5.56 Å². The first-order chi connectivity index (χ1) is 5.93. The molecule has 0 saturated carbocycles. The minimum Gasteiger partial charge on any atom is -0.373 e. The lowest BCUT2D eigenvalue weighted by Crippen LogP contribution is -2.00. The van der Waals surface area contributed by atoms with Crippen molar-refractivity contribution in [1.82, 2.24) is 0 Å². The Bertz CT molecular complexity index is 219. The van der Waals surface area contributed by atoms with Crippen LogP contribution in [0.4, 0.5) is 0 Å². The third-order valence-corrected chi connectivity index (χ3v) is 1.54. The van der Waals surface area contributed by atoms with Crippen LogP contribution in [0.15, 0.2) is 30.3 Å². The Hall–Kier alpha value is -1.15. The molecule has 1 aromatic carbocycles. The highest BCUT2D eigenvalue weighted by Gasteiger charge is 1.90. The van der Waals surface area contributed by atoms with Crippen LogP contribution in [-0.4, -0.2) is 19.5 Å². The van der Waals surface area contributed by atoms with E-state index in [2.05, 4.69) is 0 Å². The number of ether oxygens (including phenoxy) is 1. The molecule has 63 valence electrons. The van der Waals surface area contributed by atoms with E-state index in [9.17, 15) is 4.79 Å².